The third-order valence-corrected chi connectivity index (χ3v) is 5.62. The number of oxazole rings is 1. The van der Waals surface area contributed by atoms with Gasteiger partial charge in [0.2, 0.25) is 11.7 Å². The molecule has 15 heteroatoms. The van der Waals surface area contributed by atoms with E-state index in [1.165, 1.54) is 24.4 Å². The van der Waals surface area contributed by atoms with Gasteiger partial charge in [0.15, 0.2) is 5.69 Å². The lowest BCUT2D eigenvalue weighted by Crippen LogP contribution is -2.36. The molecule has 2 N–H and O–H groups in total. The SMILES string of the molecule is O=C(Nc1ccc(N2CCC(C(=O)O)CC2)nc1)c1nc(-c2ccccc2OC(F)(F)F)oc1C(F)(F)F. The van der Waals surface area contributed by atoms with E-state index < -0.39 is 59.0 Å². The minimum absolute atomic E-state index is 0.0117. The highest BCUT2D eigenvalue weighted by molar-refractivity contribution is 6.04. The van der Waals surface area contributed by atoms with E-state index in [-0.39, 0.29) is 5.69 Å². The maximum Gasteiger partial charge on any atom is 0.573 e. The number of hydrogen-bond donors (Lipinski definition) is 2. The quantitative estimate of drug-likeness (QED) is 0.407. The molecule has 3 aromatic rings. The fourth-order valence-electron chi connectivity index (χ4n) is 3.83. The average molecular weight is 544 g/mol. The molecule has 1 aliphatic rings. The molecule has 1 fully saturated rings. The molecule has 0 unspecified atom stereocenters. The number of carbonyl (C=O) groups is 2. The lowest BCUT2D eigenvalue weighted by Gasteiger charge is -2.31. The fourth-order valence-corrected chi connectivity index (χ4v) is 3.83. The van der Waals surface area contributed by atoms with Gasteiger partial charge in [-0.15, -0.1) is 13.2 Å². The summed E-state index contributed by atoms with van der Waals surface area (Å²) in [6, 6.07) is 7.13. The maximum atomic E-state index is 13.6. The summed E-state index contributed by atoms with van der Waals surface area (Å²) in [5.74, 6) is -5.76. The minimum atomic E-state index is -5.19. The first-order valence-corrected chi connectivity index (χ1v) is 11.0. The third-order valence-electron chi connectivity index (χ3n) is 5.62. The van der Waals surface area contributed by atoms with Crippen molar-refractivity contribution in [1.82, 2.24) is 9.97 Å². The van der Waals surface area contributed by atoms with Gasteiger partial charge in [-0.2, -0.15) is 13.2 Å². The van der Waals surface area contributed by atoms with Crippen LogP contribution in [0.15, 0.2) is 47.0 Å². The van der Waals surface area contributed by atoms with Gasteiger partial charge in [-0.3, -0.25) is 9.59 Å². The minimum Gasteiger partial charge on any atom is -0.481 e. The molecule has 0 radical (unpaired) electrons. The molecule has 1 aliphatic heterocycles. The highest BCUT2D eigenvalue weighted by atomic mass is 19.4. The highest BCUT2D eigenvalue weighted by Gasteiger charge is 2.42. The number of alkyl halides is 6. The number of carboxylic acids is 1. The molecular weight excluding hydrogens is 526 g/mol. The monoisotopic (exact) mass is 544 g/mol. The van der Waals surface area contributed by atoms with Gasteiger partial charge in [-0.25, -0.2) is 9.97 Å². The van der Waals surface area contributed by atoms with Crippen molar-refractivity contribution >= 4 is 23.4 Å². The number of benzene rings is 1. The van der Waals surface area contributed by atoms with Crippen molar-refractivity contribution in [3.8, 4) is 17.2 Å². The van der Waals surface area contributed by atoms with E-state index >= 15 is 0 Å². The van der Waals surface area contributed by atoms with E-state index in [0.29, 0.717) is 31.7 Å². The van der Waals surface area contributed by atoms with Gasteiger partial charge in [0, 0.05) is 13.1 Å². The largest absolute Gasteiger partial charge is 0.573 e. The number of nitrogens with zero attached hydrogens (tertiary/aromatic N) is 3. The second-order valence-electron chi connectivity index (χ2n) is 8.20. The molecule has 202 valence electrons. The Morgan fingerprint density at radius 1 is 1.05 bits per heavy atom. The Bertz CT molecular complexity index is 1320. The van der Waals surface area contributed by atoms with Crippen molar-refractivity contribution in [2.75, 3.05) is 23.3 Å². The predicted octanol–water partition coefficient (Wildman–Crippen LogP) is 5.21. The number of rotatable bonds is 6. The molecule has 0 bridgehead atoms. The Morgan fingerprint density at radius 3 is 2.32 bits per heavy atom. The topological polar surface area (TPSA) is 118 Å². The van der Waals surface area contributed by atoms with Crippen LogP contribution < -0.4 is 15.0 Å². The number of para-hydroxylation sites is 1. The summed E-state index contributed by atoms with van der Waals surface area (Å²) in [6.45, 7) is 0.873. The van der Waals surface area contributed by atoms with Crippen molar-refractivity contribution in [2.24, 2.45) is 5.92 Å². The number of nitrogens with one attached hydrogen (secondary N) is 1. The molecular formula is C23H18F6N4O5. The lowest BCUT2D eigenvalue weighted by atomic mass is 9.97. The molecule has 0 spiro atoms. The Balaban J connectivity index is 1.55. The van der Waals surface area contributed by atoms with Crippen LogP contribution in [0, 0.1) is 5.92 Å². The zero-order chi connectivity index (χ0) is 27.7. The smallest absolute Gasteiger partial charge is 0.481 e. The van der Waals surface area contributed by atoms with Crippen LogP contribution in [0.25, 0.3) is 11.5 Å². The number of ether oxygens (including phenoxy) is 1. The fraction of sp³-hybridized carbons (Fsp3) is 0.304. The Hall–Kier alpha value is -4.30. The number of amides is 1. The van der Waals surface area contributed by atoms with Gasteiger partial charge in [0.1, 0.15) is 11.6 Å². The molecule has 9 nitrogen and oxygen atoms in total. The number of aliphatic carboxylic acids is 1. The van der Waals surface area contributed by atoms with Gasteiger partial charge in [-0.1, -0.05) is 12.1 Å². The second-order valence-corrected chi connectivity index (χ2v) is 8.20. The number of halogens is 6. The van der Waals surface area contributed by atoms with Crippen LogP contribution in [-0.2, 0) is 11.0 Å². The van der Waals surface area contributed by atoms with Crippen LogP contribution >= 0.6 is 0 Å². The number of pyridine rings is 1. The summed E-state index contributed by atoms with van der Waals surface area (Å²) in [4.78, 5) is 33.3. The molecule has 1 aromatic carbocycles. The Labute approximate surface area is 210 Å². The zero-order valence-corrected chi connectivity index (χ0v) is 19.1. The van der Waals surface area contributed by atoms with Crippen LogP contribution in [-0.4, -0.2) is 46.4 Å². The Morgan fingerprint density at radius 2 is 1.74 bits per heavy atom. The molecule has 1 amide bonds. The van der Waals surface area contributed by atoms with Crippen molar-refractivity contribution in [1.29, 1.82) is 0 Å². The molecule has 2 aromatic heterocycles. The summed E-state index contributed by atoms with van der Waals surface area (Å²) in [5.41, 5.74) is -1.74. The molecule has 0 atom stereocenters. The number of hydrogen-bond acceptors (Lipinski definition) is 7. The van der Waals surface area contributed by atoms with E-state index in [4.69, 9.17) is 9.52 Å². The van der Waals surface area contributed by atoms with Crippen LogP contribution in [0.5, 0.6) is 5.75 Å². The summed E-state index contributed by atoms with van der Waals surface area (Å²) < 4.78 is 87.5. The van der Waals surface area contributed by atoms with Gasteiger partial charge in [-0.05, 0) is 37.1 Å². The molecule has 38 heavy (non-hydrogen) atoms. The standard InChI is InChI=1S/C23H18F6N4O5/c24-22(25,26)18-17(32-20(37-18)14-3-1-2-4-15(14)38-23(27,28)29)19(34)31-13-5-6-16(30-11-13)33-9-7-12(8-10-33)21(35)36/h1-6,11-12H,7-10H2,(H,31,34)(H,35,36). The number of carboxylic acid groups (broad SMARTS) is 1. The molecule has 0 saturated carbocycles. The average Bonchev–Trinajstić information content (AvgIpc) is 3.30. The zero-order valence-electron chi connectivity index (χ0n) is 19.1. The van der Waals surface area contributed by atoms with E-state index in [1.807, 2.05) is 4.90 Å². The number of piperidine rings is 1. The predicted molar refractivity (Wildman–Crippen MR) is 118 cm³/mol. The van der Waals surface area contributed by atoms with Crippen LogP contribution in [0.4, 0.5) is 37.8 Å². The molecule has 0 aliphatic carbocycles. The van der Waals surface area contributed by atoms with Crippen LogP contribution in [0.1, 0.15) is 29.1 Å². The molecule has 1 saturated heterocycles. The summed E-state index contributed by atoms with van der Waals surface area (Å²) in [6.07, 6.45) is -8.30. The number of anilines is 2. The molecule has 3 heterocycles. The van der Waals surface area contributed by atoms with Crippen molar-refractivity contribution < 1.29 is 50.2 Å². The summed E-state index contributed by atoms with van der Waals surface area (Å²) >= 11 is 0. The first kappa shape index (κ1) is 26.8. The van der Waals surface area contributed by atoms with Crippen LogP contribution in [0.2, 0.25) is 0 Å². The first-order chi connectivity index (χ1) is 17.8. The summed E-state index contributed by atoms with van der Waals surface area (Å²) in [5, 5.41) is 11.3. The number of aromatic nitrogens is 2. The van der Waals surface area contributed by atoms with E-state index in [9.17, 15) is 35.9 Å². The van der Waals surface area contributed by atoms with Crippen LogP contribution in [0.3, 0.4) is 0 Å². The van der Waals surface area contributed by atoms with Gasteiger partial charge < -0.3 is 24.5 Å². The van der Waals surface area contributed by atoms with E-state index in [0.717, 1.165) is 18.2 Å². The number of carbonyl (C=O) groups excluding carboxylic acids is 1. The first-order valence-electron chi connectivity index (χ1n) is 11.0. The van der Waals surface area contributed by atoms with Gasteiger partial charge >= 0.3 is 18.5 Å². The lowest BCUT2D eigenvalue weighted by molar-refractivity contribution is -0.274. The van der Waals surface area contributed by atoms with Gasteiger partial charge in [0.25, 0.3) is 5.91 Å². The van der Waals surface area contributed by atoms with E-state index in [1.54, 1.807) is 0 Å². The van der Waals surface area contributed by atoms with Gasteiger partial charge in [0.05, 0.1) is 23.4 Å². The second kappa shape index (κ2) is 10.2. The van der Waals surface area contributed by atoms with Crippen molar-refractivity contribution in [3.63, 3.8) is 0 Å². The third kappa shape index (κ3) is 6.15. The summed E-state index contributed by atoms with van der Waals surface area (Å²) in [7, 11) is 0. The highest BCUT2D eigenvalue weighted by Crippen LogP contribution is 2.39. The molecule has 4 rings (SSSR count). The van der Waals surface area contributed by atoms with E-state index in [2.05, 4.69) is 20.0 Å². The van der Waals surface area contributed by atoms with Crippen molar-refractivity contribution in [3.05, 3.63) is 54.0 Å². The maximum absolute atomic E-state index is 13.6. The Kier molecular flexibility index (Phi) is 7.20. The van der Waals surface area contributed by atoms with Crippen molar-refractivity contribution in [2.45, 2.75) is 25.4 Å². The normalized spacial score (nSPS) is 14.8.